The van der Waals surface area contributed by atoms with E-state index in [-0.39, 0.29) is 35.7 Å². The van der Waals surface area contributed by atoms with Crippen molar-refractivity contribution in [3.05, 3.63) is 47.2 Å². The van der Waals surface area contributed by atoms with E-state index < -0.39 is 17.8 Å². The summed E-state index contributed by atoms with van der Waals surface area (Å²) in [4.78, 5) is 36.6. The highest BCUT2D eigenvalue weighted by molar-refractivity contribution is 6.10. The molecular weight excluding hydrogens is 483 g/mol. The molecule has 198 valence electrons. The predicted octanol–water partition coefficient (Wildman–Crippen LogP) is 3.92. The lowest BCUT2D eigenvalue weighted by Gasteiger charge is -2.41. The van der Waals surface area contributed by atoms with E-state index in [1.54, 1.807) is 11.9 Å². The number of hydrogen-bond acceptors (Lipinski definition) is 5. The van der Waals surface area contributed by atoms with E-state index in [2.05, 4.69) is 15.2 Å². The van der Waals surface area contributed by atoms with Gasteiger partial charge in [-0.1, -0.05) is 12.1 Å². The Kier molecular flexibility index (Phi) is 6.64. The minimum atomic E-state index is -4.59. The van der Waals surface area contributed by atoms with Crippen molar-refractivity contribution in [1.29, 1.82) is 0 Å². The van der Waals surface area contributed by atoms with Gasteiger partial charge in [0.1, 0.15) is 11.9 Å². The number of fused-ring (bicyclic) bond motifs is 2. The maximum absolute atomic E-state index is 13.9. The number of hydrogen-bond donors (Lipinski definition) is 1. The summed E-state index contributed by atoms with van der Waals surface area (Å²) in [6.07, 6.45) is -2.43. The van der Waals surface area contributed by atoms with Crippen LogP contribution in [0.2, 0.25) is 0 Å². The number of halogens is 3. The molecule has 2 amide bonds. The monoisotopic (exact) mass is 515 g/mol. The van der Waals surface area contributed by atoms with E-state index in [0.29, 0.717) is 12.5 Å². The maximum Gasteiger partial charge on any atom is 0.416 e. The summed E-state index contributed by atoms with van der Waals surface area (Å²) in [5, 5.41) is 3.39. The SMILES string of the molecule is Cc1cc(C(F)(F)F)cc(N2C(=O)C[C@@H]3CN(CC4CCNCC4)c4c(C)cccc4N(C)C(=O)[C@H]32)n1. The van der Waals surface area contributed by atoms with Crippen LogP contribution in [0.4, 0.5) is 30.4 Å². The molecule has 0 radical (unpaired) electrons. The quantitative estimate of drug-likeness (QED) is 0.671. The van der Waals surface area contributed by atoms with Gasteiger partial charge in [-0.15, -0.1) is 0 Å². The van der Waals surface area contributed by atoms with Crippen molar-refractivity contribution in [1.82, 2.24) is 10.3 Å². The Morgan fingerprint density at radius 1 is 1.11 bits per heavy atom. The normalized spacial score (nSPS) is 23.1. The number of carbonyl (C=O) groups is 2. The molecule has 3 aliphatic heterocycles. The molecule has 0 bridgehead atoms. The summed E-state index contributed by atoms with van der Waals surface area (Å²) in [5.41, 5.74) is 2.02. The van der Waals surface area contributed by atoms with Gasteiger partial charge >= 0.3 is 6.18 Å². The predicted molar refractivity (Wildman–Crippen MR) is 136 cm³/mol. The van der Waals surface area contributed by atoms with Crippen LogP contribution >= 0.6 is 0 Å². The molecule has 2 aromatic rings. The van der Waals surface area contributed by atoms with Crippen molar-refractivity contribution < 1.29 is 22.8 Å². The van der Waals surface area contributed by atoms with E-state index in [1.165, 1.54) is 11.8 Å². The molecule has 0 unspecified atom stereocenters. The number of rotatable bonds is 3. The number of benzene rings is 1. The zero-order chi connectivity index (χ0) is 26.5. The van der Waals surface area contributed by atoms with Crippen LogP contribution in [0.25, 0.3) is 0 Å². The minimum absolute atomic E-state index is 0.0746. The Labute approximate surface area is 214 Å². The van der Waals surface area contributed by atoms with Gasteiger partial charge in [0.15, 0.2) is 0 Å². The number of pyridine rings is 1. The van der Waals surface area contributed by atoms with Crippen molar-refractivity contribution in [3.63, 3.8) is 0 Å². The van der Waals surface area contributed by atoms with Crippen LogP contribution < -0.4 is 20.0 Å². The summed E-state index contributed by atoms with van der Waals surface area (Å²) < 4.78 is 40.7. The number of amides is 2. The molecule has 10 heteroatoms. The van der Waals surface area contributed by atoms with E-state index in [9.17, 15) is 22.8 Å². The highest BCUT2D eigenvalue weighted by atomic mass is 19.4. The Bertz CT molecular complexity index is 1210. The standard InChI is InChI=1S/C27H32F3N5O2/c1-16-5-4-6-21-24(16)34(14-18-7-9-31-10-8-18)15-19-12-23(36)35(25(19)26(37)33(21)3)22-13-20(27(28,29)30)11-17(2)32-22/h4-6,11,13,18-19,25,31H,7-10,12,14-15H2,1-3H3/t19-,25+/m1/s1. The lowest BCUT2D eigenvalue weighted by atomic mass is 9.92. The second-order valence-electron chi connectivity index (χ2n) is 10.5. The summed E-state index contributed by atoms with van der Waals surface area (Å²) in [6.45, 7) is 6.65. The molecule has 2 fully saturated rings. The average Bonchev–Trinajstić information content (AvgIpc) is 3.17. The van der Waals surface area contributed by atoms with Gasteiger partial charge in [0.2, 0.25) is 11.8 Å². The van der Waals surface area contributed by atoms with Crippen molar-refractivity contribution in [2.45, 2.75) is 45.3 Å². The number of likely N-dealkylation sites (N-methyl/N-ethyl adjacent to an activating group) is 1. The van der Waals surface area contributed by atoms with Gasteiger partial charge in [-0.25, -0.2) is 4.98 Å². The third kappa shape index (κ3) is 4.79. The first-order chi connectivity index (χ1) is 17.5. The van der Waals surface area contributed by atoms with Crippen LogP contribution in [0.3, 0.4) is 0 Å². The first-order valence-corrected chi connectivity index (χ1v) is 12.8. The number of aryl methyl sites for hydroxylation is 2. The van der Waals surface area contributed by atoms with Crippen molar-refractivity contribution >= 4 is 29.0 Å². The number of alkyl halides is 3. The van der Waals surface area contributed by atoms with E-state index >= 15 is 0 Å². The molecule has 4 heterocycles. The summed E-state index contributed by atoms with van der Waals surface area (Å²) in [6, 6.07) is 6.71. The Balaban J connectivity index is 1.58. The number of nitrogens with one attached hydrogen (secondary N) is 1. The van der Waals surface area contributed by atoms with Crippen LogP contribution in [0.5, 0.6) is 0 Å². The van der Waals surface area contributed by atoms with Crippen molar-refractivity contribution in [3.8, 4) is 0 Å². The van der Waals surface area contributed by atoms with Crippen LogP contribution in [-0.4, -0.2) is 56.1 Å². The number of aromatic nitrogens is 1. The van der Waals surface area contributed by atoms with Crippen LogP contribution in [0.15, 0.2) is 30.3 Å². The maximum atomic E-state index is 13.9. The topological polar surface area (TPSA) is 68.8 Å². The largest absolute Gasteiger partial charge is 0.416 e. The summed E-state index contributed by atoms with van der Waals surface area (Å²) in [7, 11) is 1.68. The number of nitrogens with zero attached hydrogens (tertiary/aromatic N) is 4. The van der Waals surface area contributed by atoms with Crippen LogP contribution in [-0.2, 0) is 15.8 Å². The Morgan fingerprint density at radius 3 is 2.54 bits per heavy atom. The highest BCUT2D eigenvalue weighted by Crippen LogP contribution is 2.42. The number of piperidine rings is 1. The lowest BCUT2D eigenvalue weighted by Crippen LogP contribution is -2.53. The molecule has 0 spiro atoms. The number of para-hydroxylation sites is 1. The molecular formula is C27H32F3N5O2. The lowest BCUT2D eigenvalue weighted by molar-refractivity contribution is -0.137. The fraction of sp³-hybridized carbons (Fsp3) is 0.519. The molecule has 1 aromatic carbocycles. The zero-order valence-corrected chi connectivity index (χ0v) is 21.3. The van der Waals surface area contributed by atoms with Gasteiger partial charge in [0, 0.05) is 38.2 Å². The van der Waals surface area contributed by atoms with Gasteiger partial charge in [0.25, 0.3) is 0 Å². The second-order valence-corrected chi connectivity index (χ2v) is 10.5. The Hall–Kier alpha value is -3.14. The highest BCUT2D eigenvalue weighted by Gasteiger charge is 2.49. The first-order valence-electron chi connectivity index (χ1n) is 12.8. The van der Waals surface area contributed by atoms with Gasteiger partial charge in [-0.2, -0.15) is 13.2 Å². The molecule has 3 aliphatic rings. The van der Waals surface area contributed by atoms with E-state index in [1.807, 2.05) is 25.1 Å². The van der Waals surface area contributed by atoms with Gasteiger partial charge < -0.3 is 15.1 Å². The molecule has 1 N–H and O–H groups in total. The smallest absolute Gasteiger partial charge is 0.369 e. The fourth-order valence-electron chi connectivity index (χ4n) is 6.04. The third-order valence-electron chi connectivity index (χ3n) is 7.81. The van der Waals surface area contributed by atoms with Gasteiger partial charge in [0.05, 0.1) is 16.9 Å². The molecule has 7 nitrogen and oxygen atoms in total. The van der Waals surface area contributed by atoms with Gasteiger partial charge in [-0.05, 0) is 69.5 Å². The summed E-state index contributed by atoms with van der Waals surface area (Å²) >= 11 is 0. The molecule has 0 saturated carbocycles. The van der Waals surface area contributed by atoms with Crippen LogP contribution in [0, 0.1) is 25.7 Å². The fourth-order valence-corrected chi connectivity index (χ4v) is 6.04. The molecule has 2 atom stereocenters. The summed E-state index contributed by atoms with van der Waals surface area (Å²) in [5.74, 6) is -0.739. The first kappa shape index (κ1) is 25.5. The minimum Gasteiger partial charge on any atom is -0.369 e. The molecule has 0 aliphatic carbocycles. The van der Waals surface area contributed by atoms with Crippen molar-refractivity contribution in [2.24, 2.45) is 11.8 Å². The number of carbonyl (C=O) groups excluding carboxylic acids is 2. The number of anilines is 3. The van der Waals surface area contributed by atoms with Crippen molar-refractivity contribution in [2.75, 3.05) is 47.9 Å². The van der Waals surface area contributed by atoms with E-state index in [4.69, 9.17) is 0 Å². The average molecular weight is 516 g/mol. The van der Waals surface area contributed by atoms with E-state index in [0.717, 1.165) is 61.5 Å². The molecule has 37 heavy (non-hydrogen) atoms. The van der Waals surface area contributed by atoms with Crippen LogP contribution in [0.1, 0.15) is 36.1 Å². The second kappa shape index (κ2) is 9.63. The zero-order valence-electron chi connectivity index (χ0n) is 21.3. The third-order valence-corrected chi connectivity index (χ3v) is 7.81. The molecule has 5 rings (SSSR count). The molecule has 1 aromatic heterocycles. The van der Waals surface area contributed by atoms with Gasteiger partial charge in [-0.3, -0.25) is 14.5 Å². The molecule has 2 saturated heterocycles. The Morgan fingerprint density at radius 2 is 1.84 bits per heavy atom.